The summed E-state index contributed by atoms with van der Waals surface area (Å²) in [4.78, 5) is 1.47. The second-order valence-corrected chi connectivity index (χ2v) is 6.33. The number of rotatable bonds is 3. The predicted molar refractivity (Wildman–Crippen MR) is 62.1 cm³/mol. The summed E-state index contributed by atoms with van der Waals surface area (Å²) in [6.45, 7) is 2.20. The molecule has 0 aromatic carbocycles. The van der Waals surface area contributed by atoms with E-state index in [9.17, 15) is 0 Å². The first-order valence-corrected chi connectivity index (χ1v) is 6.70. The highest BCUT2D eigenvalue weighted by molar-refractivity contribution is 8.02. The smallest absolute Gasteiger partial charge is 0.0657 e. The lowest BCUT2D eigenvalue weighted by Crippen LogP contribution is -1.63. The summed E-state index contributed by atoms with van der Waals surface area (Å²) < 4.78 is 2.78. The van der Waals surface area contributed by atoms with Crippen molar-refractivity contribution in [1.82, 2.24) is 0 Å². The molecule has 0 amide bonds. The molecule has 2 aromatic heterocycles. The van der Waals surface area contributed by atoms with Crippen LogP contribution in [0.25, 0.3) is 0 Å². The van der Waals surface area contributed by atoms with E-state index < -0.39 is 0 Å². The van der Waals surface area contributed by atoms with E-state index in [0.29, 0.717) is 0 Å². The molecule has 0 saturated heterocycles. The lowest BCUT2D eigenvalue weighted by Gasteiger charge is -1.90. The van der Waals surface area contributed by atoms with E-state index >= 15 is 0 Å². The highest BCUT2D eigenvalue weighted by Gasteiger charge is 2.01. The molecule has 2 aromatic rings. The van der Waals surface area contributed by atoms with Gasteiger partial charge in [-0.25, -0.2) is 0 Å². The fourth-order valence-electron chi connectivity index (χ4n) is 1.02. The molecule has 68 valence electrons. The van der Waals surface area contributed by atoms with E-state index in [2.05, 4.69) is 36.6 Å². The molecule has 0 atom stereocenters. The van der Waals surface area contributed by atoms with Gasteiger partial charge in [0.15, 0.2) is 0 Å². The van der Waals surface area contributed by atoms with Crippen molar-refractivity contribution in [2.24, 2.45) is 0 Å². The quantitative estimate of drug-likeness (QED) is 0.741. The average molecular weight is 226 g/mol. The Labute approximate surface area is 90.6 Å². The molecule has 0 aliphatic carbocycles. The summed E-state index contributed by atoms with van der Waals surface area (Å²) in [6.07, 6.45) is 1.15. The number of hydrogen-bond donors (Lipinski definition) is 0. The van der Waals surface area contributed by atoms with Crippen LogP contribution in [0.5, 0.6) is 0 Å². The molecular formula is C10H10S3. The molecule has 0 saturated carbocycles. The zero-order chi connectivity index (χ0) is 9.10. The van der Waals surface area contributed by atoms with Crippen LogP contribution < -0.4 is 0 Å². The molecule has 0 unspecified atom stereocenters. The Morgan fingerprint density at radius 2 is 2.15 bits per heavy atom. The highest BCUT2D eigenvalue weighted by Crippen LogP contribution is 2.35. The Morgan fingerprint density at radius 3 is 2.77 bits per heavy atom. The van der Waals surface area contributed by atoms with Gasteiger partial charge in [0.25, 0.3) is 0 Å². The highest BCUT2D eigenvalue weighted by atomic mass is 32.2. The molecule has 0 aliphatic heterocycles. The van der Waals surface area contributed by atoms with E-state index in [4.69, 9.17) is 0 Å². The molecular weight excluding hydrogens is 216 g/mol. The van der Waals surface area contributed by atoms with Gasteiger partial charge in [0.05, 0.1) is 8.42 Å². The van der Waals surface area contributed by atoms with Crippen molar-refractivity contribution in [3.05, 3.63) is 34.5 Å². The van der Waals surface area contributed by atoms with Crippen LogP contribution in [-0.4, -0.2) is 0 Å². The molecule has 0 radical (unpaired) electrons. The Morgan fingerprint density at radius 1 is 1.23 bits per heavy atom. The molecule has 13 heavy (non-hydrogen) atoms. The third-order valence-corrected chi connectivity index (χ3v) is 5.08. The number of thiophene rings is 2. The normalized spacial score (nSPS) is 10.5. The summed E-state index contributed by atoms with van der Waals surface area (Å²) in [7, 11) is 0. The van der Waals surface area contributed by atoms with Gasteiger partial charge in [0.1, 0.15) is 0 Å². The summed E-state index contributed by atoms with van der Waals surface area (Å²) in [5, 5.41) is 2.12. The zero-order valence-corrected chi connectivity index (χ0v) is 9.77. The first-order valence-electron chi connectivity index (χ1n) is 4.18. The van der Waals surface area contributed by atoms with Crippen LogP contribution in [0.4, 0.5) is 0 Å². The van der Waals surface area contributed by atoms with Crippen LogP contribution in [0.3, 0.4) is 0 Å². The molecule has 0 N–H and O–H groups in total. The van der Waals surface area contributed by atoms with Crippen molar-refractivity contribution in [2.75, 3.05) is 0 Å². The third-order valence-electron chi connectivity index (χ3n) is 1.68. The lowest BCUT2D eigenvalue weighted by molar-refractivity contribution is 1.19. The molecule has 0 fully saturated rings. The van der Waals surface area contributed by atoms with Crippen molar-refractivity contribution in [1.29, 1.82) is 0 Å². The average Bonchev–Trinajstić information content (AvgIpc) is 2.76. The van der Waals surface area contributed by atoms with E-state index in [-0.39, 0.29) is 0 Å². The van der Waals surface area contributed by atoms with Gasteiger partial charge >= 0.3 is 0 Å². The third kappa shape index (κ3) is 2.36. The van der Waals surface area contributed by atoms with Crippen molar-refractivity contribution < 1.29 is 0 Å². The molecule has 0 aliphatic rings. The minimum absolute atomic E-state index is 1.15. The van der Waals surface area contributed by atoms with Crippen LogP contribution in [0, 0.1) is 0 Å². The van der Waals surface area contributed by atoms with Gasteiger partial charge in [-0.1, -0.05) is 24.8 Å². The second-order valence-electron chi connectivity index (χ2n) is 2.61. The molecule has 2 rings (SSSR count). The van der Waals surface area contributed by atoms with Gasteiger partial charge in [-0.3, -0.25) is 0 Å². The van der Waals surface area contributed by atoms with E-state index in [1.54, 1.807) is 11.3 Å². The monoisotopic (exact) mass is 226 g/mol. The molecule has 0 bridgehead atoms. The first kappa shape index (κ1) is 9.31. The van der Waals surface area contributed by atoms with Crippen LogP contribution >= 0.6 is 34.4 Å². The summed E-state index contributed by atoms with van der Waals surface area (Å²) in [6, 6.07) is 8.70. The Bertz CT molecular complexity index is 359. The van der Waals surface area contributed by atoms with Crippen LogP contribution in [0.15, 0.2) is 38.1 Å². The SMILES string of the molecule is CCc1ccc(Sc2cccs2)s1. The summed E-state index contributed by atoms with van der Waals surface area (Å²) >= 11 is 5.57. The fourth-order valence-corrected chi connectivity index (χ4v) is 4.17. The van der Waals surface area contributed by atoms with E-state index in [1.165, 1.54) is 13.3 Å². The van der Waals surface area contributed by atoms with Crippen molar-refractivity contribution in [2.45, 2.75) is 21.8 Å². The van der Waals surface area contributed by atoms with Crippen molar-refractivity contribution in [3.8, 4) is 0 Å². The minimum Gasteiger partial charge on any atom is -0.137 e. The predicted octanol–water partition coefficient (Wildman–Crippen LogP) is 4.52. The van der Waals surface area contributed by atoms with Gasteiger partial charge in [-0.05, 0) is 30.0 Å². The maximum absolute atomic E-state index is 2.22. The first-order chi connectivity index (χ1) is 6.38. The summed E-state index contributed by atoms with van der Waals surface area (Å²) in [5.41, 5.74) is 0. The summed E-state index contributed by atoms with van der Waals surface area (Å²) in [5.74, 6) is 0. The van der Waals surface area contributed by atoms with Crippen LogP contribution in [-0.2, 0) is 6.42 Å². The van der Waals surface area contributed by atoms with Gasteiger partial charge in [0.2, 0.25) is 0 Å². The molecule has 0 nitrogen and oxygen atoms in total. The maximum atomic E-state index is 2.22. The van der Waals surface area contributed by atoms with Gasteiger partial charge in [-0.2, -0.15) is 0 Å². The fraction of sp³-hybridized carbons (Fsp3) is 0.200. The van der Waals surface area contributed by atoms with E-state index in [1.807, 2.05) is 23.1 Å². The van der Waals surface area contributed by atoms with Crippen LogP contribution in [0.1, 0.15) is 11.8 Å². The lowest BCUT2D eigenvalue weighted by atomic mass is 10.4. The molecule has 0 spiro atoms. The Balaban J connectivity index is 2.10. The van der Waals surface area contributed by atoms with Crippen molar-refractivity contribution in [3.63, 3.8) is 0 Å². The van der Waals surface area contributed by atoms with Crippen LogP contribution in [0.2, 0.25) is 0 Å². The van der Waals surface area contributed by atoms with E-state index in [0.717, 1.165) is 6.42 Å². The standard InChI is InChI=1S/C10H10S3/c1-2-8-5-6-10(12-8)13-9-4-3-7-11-9/h3-7H,2H2,1H3. The Kier molecular flexibility index (Phi) is 3.09. The van der Waals surface area contributed by atoms with Crippen molar-refractivity contribution >= 4 is 34.4 Å². The Hall–Kier alpha value is -0.250. The minimum atomic E-state index is 1.15. The zero-order valence-electron chi connectivity index (χ0n) is 7.32. The largest absolute Gasteiger partial charge is 0.137 e. The topological polar surface area (TPSA) is 0 Å². The van der Waals surface area contributed by atoms with Gasteiger partial charge in [0, 0.05) is 4.88 Å². The van der Waals surface area contributed by atoms with Gasteiger partial charge in [-0.15, -0.1) is 22.7 Å². The molecule has 2 heterocycles. The van der Waals surface area contributed by atoms with Gasteiger partial charge < -0.3 is 0 Å². The number of hydrogen-bond acceptors (Lipinski definition) is 3. The number of aryl methyl sites for hydroxylation is 1. The maximum Gasteiger partial charge on any atom is 0.0657 e. The second kappa shape index (κ2) is 4.31. The molecule has 3 heteroatoms.